The lowest BCUT2D eigenvalue weighted by atomic mass is 10.2. The number of halogens is 3. The van der Waals surface area contributed by atoms with Crippen LogP contribution in [0.5, 0.6) is 0 Å². The molecule has 0 bridgehead atoms. The molecule has 0 fully saturated rings. The van der Waals surface area contributed by atoms with Crippen molar-refractivity contribution in [3.63, 3.8) is 0 Å². The molecule has 0 unspecified atom stereocenters. The monoisotopic (exact) mass is 252 g/mol. The Kier molecular flexibility index (Phi) is 3.39. The summed E-state index contributed by atoms with van der Waals surface area (Å²) in [7, 11) is -4.52. The molecule has 0 saturated carbocycles. The van der Waals surface area contributed by atoms with Crippen molar-refractivity contribution in [2.45, 2.75) is 11.1 Å². The highest BCUT2D eigenvalue weighted by atomic mass is 32.2. The molecule has 88 valence electrons. The molecule has 0 aliphatic heterocycles. The summed E-state index contributed by atoms with van der Waals surface area (Å²) in [4.78, 5) is -0.560. The topological polar surface area (TPSA) is 54.4 Å². The molecule has 1 rings (SSSR count). The van der Waals surface area contributed by atoms with Crippen molar-refractivity contribution in [2.24, 2.45) is 0 Å². The molecule has 0 heterocycles. The minimum absolute atomic E-state index is 0.100. The molecule has 0 atom stereocenters. The zero-order valence-corrected chi connectivity index (χ0v) is 8.59. The quantitative estimate of drug-likeness (QED) is 0.823. The Hall–Kier alpha value is -1.34. The summed E-state index contributed by atoms with van der Waals surface area (Å²) in [6, 6.07) is 4.84. The predicted molar refractivity (Wildman–Crippen MR) is 51.3 cm³/mol. The van der Waals surface area contributed by atoms with Crippen LogP contribution in [0, 0.1) is 0 Å². The molecule has 16 heavy (non-hydrogen) atoms. The Bertz CT molecular complexity index is 503. The number of hydrogen-bond acceptors (Lipinski definition) is 2. The maximum atomic E-state index is 11.9. The summed E-state index contributed by atoms with van der Waals surface area (Å²) in [5, 5.41) is 0. The lowest BCUT2D eigenvalue weighted by Gasteiger charge is -2.02. The summed E-state index contributed by atoms with van der Waals surface area (Å²) < 4.78 is 66.0. The largest absolute Gasteiger partial charge is 0.409 e. The second-order valence-corrected chi connectivity index (χ2v) is 4.28. The molecule has 1 N–H and O–H groups in total. The van der Waals surface area contributed by atoms with Gasteiger partial charge in [-0.05, 0) is 17.7 Å². The predicted octanol–water partition coefficient (Wildman–Crippen LogP) is 2.51. The Morgan fingerprint density at radius 2 is 1.75 bits per heavy atom. The van der Waals surface area contributed by atoms with Gasteiger partial charge in [-0.2, -0.15) is 21.6 Å². The van der Waals surface area contributed by atoms with Gasteiger partial charge in [0.05, 0.1) is 0 Å². The Labute approximate surface area is 90.0 Å². The first-order chi connectivity index (χ1) is 7.20. The third-order valence-corrected chi connectivity index (χ3v) is 2.58. The van der Waals surface area contributed by atoms with Crippen LogP contribution in [0.25, 0.3) is 6.08 Å². The van der Waals surface area contributed by atoms with Crippen molar-refractivity contribution in [3.05, 3.63) is 35.9 Å². The van der Waals surface area contributed by atoms with Gasteiger partial charge in [-0.3, -0.25) is 4.55 Å². The molecule has 0 aliphatic carbocycles. The van der Waals surface area contributed by atoms with Gasteiger partial charge in [-0.1, -0.05) is 18.2 Å². The van der Waals surface area contributed by atoms with Gasteiger partial charge in [0.25, 0.3) is 10.1 Å². The van der Waals surface area contributed by atoms with Crippen molar-refractivity contribution >= 4 is 16.2 Å². The van der Waals surface area contributed by atoms with Crippen LogP contribution in [-0.2, 0) is 10.1 Å². The first-order valence-corrected chi connectivity index (χ1v) is 5.47. The average molecular weight is 252 g/mol. The van der Waals surface area contributed by atoms with E-state index >= 15 is 0 Å². The smallest absolute Gasteiger partial charge is 0.282 e. The van der Waals surface area contributed by atoms with E-state index in [1.807, 2.05) is 0 Å². The van der Waals surface area contributed by atoms with Crippen LogP contribution in [0.2, 0.25) is 0 Å². The molecule has 0 saturated heterocycles. The Morgan fingerprint density at radius 3 is 2.25 bits per heavy atom. The Morgan fingerprint density at radius 1 is 1.19 bits per heavy atom. The molecule has 0 spiro atoms. The first kappa shape index (κ1) is 12.7. The molecule has 0 radical (unpaired) electrons. The number of benzene rings is 1. The molecular weight excluding hydrogens is 245 g/mol. The van der Waals surface area contributed by atoms with Gasteiger partial charge in [-0.15, -0.1) is 0 Å². The van der Waals surface area contributed by atoms with Gasteiger partial charge in [-0.25, -0.2) is 0 Å². The van der Waals surface area contributed by atoms with Gasteiger partial charge >= 0.3 is 6.18 Å². The van der Waals surface area contributed by atoms with Gasteiger partial charge in [0.2, 0.25) is 0 Å². The van der Waals surface area contributed by atoms with Crippen LogP contribution >= 0.6 is 0 Å². The maximum absolute atomic E-state index is 11.9. The van der Waals surface area contributed by atoms with Gasteiger partial charge in [0.15, 0.2) is 0 Å². The normalized spacial score (nSPS) is 13.2. The van der Waals surface area contributed by atoms with Crippen molar-refractivity contribution in [1.82, 2.24) is 0 Å². The maximum Gasteiger partial charge on any atom is 0.409 e. The second kappa shape index (κ2) is 4.26. The van der Waals surface area contributed by atoms with Crippen molar-refractivity contribution < 1.29 is 26.1 Å². The number of alkyl halides is 3. The molecule has 0 aromatic heterocycles. The summed E-state index contributed by atoms with van der Waals surface area (Å²) in [5.74, 6) is 0. The first-order valence-electron chi connectivity index (χ1n) is 4.03. The fraction of sp³-hybridized carbons (Fsp3) is 0.111. The Balaban J connectivity index is 3.21. The lowest BCUT2D eigenvalue weighted by molar-refractivity contribution is -0.0790. The van der Waals surface area contributed by atoms with Crippen molar-refractivity contribution in [1.29, 1.82) is 0 Å². The highest BCUT2D eigenvalue weighted by molar-refractivity contribution is 7.85. The third kappa shape index (κ3) is 3.67. The summed E-state index contributed by atoms with van der Waals surface area (Å²) in [6.07, 6.45) is -4.05. The van der Waals surface area contributed by atoms with E-state index in [2.05, 4.69) is 0 Å². The zero-order valence-electron chi connectivity index (χ0n) is 7.77. The minimum Gasteiger partial charge on any atom is -0.282 e. The molecule has 3 nitrogen and oxygen atoms in total. The van der Waals surface area contributed by atoms with Crippen molar-refractivity contribution in [3.8, 4) is 0 Å². The molecule has 0 aliphatic rings. The third-order valence-electron chi connectivity index (χ3n) is 1.65. The molecule has 0 amide bonds. The molecule has 1 aromatic carbocycles. The van der Waals surface area contributed by atoms with E-state index in [9.17, 15) is 21.6 Å². The van der Waals surface area contributed by atoms with E-state index in [0.717, 1.165) is 12.1 Å². The van der Waals surface area contributed by atoms with Crippen molar-refractivity contribution in [2.75, 3.05) is 0 Å². The van der Waals surface area contributed by atoms with Crippen LogP contribution in [0.4, 0.5) is 13.2 Å². The SMILES string of the molecule is O=S(=O)(O)c1ccccc1/C=C/C(F)(F)F. The summed E-state index contributed by atoms with van der Waals surface area (Å²) in [6.45, 7) is 0. The van der Waals surface area contributed by atoms with E-state index in [4.69, 9.17) is 4.55 Å². The van der Waals surface area contributed by atoms with Crippen LogP contribution in [-0.4, -0.2) is 19.1 Å². The zero-order chi connectivity index (χ0) is 12.4. The number of allylic oxidation sites excluding steroid dienone is 1. The van der Waals surface area contributed by atoms with E-state index < -0.39 is 21.2 Å². The number of hydrogen-bond donors (Lipinski definition) is 1. The van der Waals surface area contributed by atoms with Gasteiger partial charge in [0, 0.05) is 6.08 Å². The van der Waals surface area contributed by atoms with Gasteiger partial charge < -0.3 is 0 Å². The van der Waals surface area contributed by atoms with Crippen LogP contribution in [0.3, 0.4) is 0 Å². The van der Waals surface area contributed by atoms with E-state index in [1.54, 1.807) is 0 Å². The molecule has 1 aromatic rings. The summed E-state index contributed by atoms with van der Waals surface area (Å²) in [5.41, 5.74) is -0.220. The fourth-order valence-electron chi connectivity index (χ4n) is 1.04. The summed E-state index contributed by atoms with van der Waals surface area (Å²) >= 11 is 0. The number of rotatable bonds is 2. The van der Waals surface area contributed by atoms with Crippen LogP contribution < -0.4 is 0 Å². The van der Waals surface area contributed by atoms with E-state index in [1.165, 1.54) is 12.1 Å². The highest BCUT2D eigenvalue weighted by Gasteiger charge is 2.22. The average Bonchev–Trinajstić information content (AvgIpc) is 2.12. The van der Waals surface area contributed by atoms with E-state index in [0.29, 0.717) is 6.08 Å². The lowest BCUT2D eigenvalue weighted by Crippen LogP contribution is -2.03. The fourth-order valence-corrected chi connectivity index (χ4v) is 1.72. The van der Waals surface area contributed by atoms with Crippen LogP contribution in [0.1, 0.15) is 5.56 Å². The minimum atomic E-state index is -4.54. The van der Waals surface area contributed by atoms with Gasteiger partial charge in [0.1, 0.15) is 4.90 Å². The second-order valence-electron chi connectivity index (χ2n) is 2.89. The molecule has 7 heteroatoms. The molecular formula is C9H7F3O3S. The highest BCUT2D eigenvalue weighted by Crippen LogP contribution is 2.21. The standard InChI is InChI=1S/C9H7F3O3S/c10-9(11,12)6-5-7-3-1-2-4-8(7)16(13,14)15/h1-6H,(H,13,14,15)/b6-5+. The van der Waals surface area contributed by atoms with E-state index in [-0.39, 0.29) is 11.6 Å². The van der Waals surface area contributed by atoms with Crippen LogP contribution in [0.15, 0.2) is 35.2 Å².